The number of nitrogens with one attached hydrogen (secondary N) is 1. The van der Waals surface area contributed by atoms with Crippen LogP contribution in [0.25, 0.3) is 0 Å². The highest BCUT2D eigenvalue weighted by molar-refractivity contribution is 5.31. The molecule has 1 heterocycles. The summed E-state index contributed by atoms with van der Waals surface area (Å²) in [6.07, 6.45) is 6.83. The molecule has 0 spiro atoms. The van der Waals surface area contributed by atoms with Crippen LogP contribution >= 0.6 is 0 Å². The van der Waals surface area contributed by atoms with Gasteiger partial charge in [-0.1, -0.05) is 37.6 Å². The number of fused-ring (bicyclic) bond motifs is 1. The summed E-state index contributed by atoms with van der Waals surface area (Å²) >= 11 is 0. The summed E-state index contributed by atoms with van der Waals surface area (Å²) in [4.78, 5) is 0. The lowest BCUT2D eigenvalue weighted by Gasteiger charge is -2.27. The average molecular weight is 259 g/mol. The fourth-order valence-electron chi connectivity index (χ4n) is 3.34. The summed E-state index contributed by atoms with van der Waals surface area (Å²) in [6.45, 7) is 5.29. The molecule has 0 aromatic heterocycles. The second kappa shape index (κ2) is 5.64. The minimum absolute atomic E-state index is 0.252. The Hall–Kier alpha value is -0.860. The minimum Gasteiger partial charge on any atom is -0.372 e. The summed E-state index contributed by atoms with van der Waals surface area (Å²) < 4.78 is 5.94. The standard InChI is InChI=1S/C17H25NO/c1-2-8-17(9-10-17)13-18-12-16-15-6-4-3-5-14(15)7-11-19-16/h3-6,16,18H,2,7-13H2,1H3. The first-order valence-corrected chi connectivity index (χ1v) is 7.73. The van der Waals surface area contributed by atoms with Crippen LogP contribution in [0, 0.1) is 5.41 Å². The Morgan fingerprint density at radius 2 is 2.16 bits per heavy atom. The van der Waals surface area contributed by atoms with E-state index in [1.54, 1.807) is 0 Å². The topological polar surface area (TPSA) is 21.3 Å². The Labute approximate surface area is 116 Å². The van der Waals surface area contributed by atoms with Gasteiger partial charge in [-0.3, -0.25) is 0 Å². The quantitative estimate of drug-likeness (QED) is 0.844. The van der Waals surface area contributed by atoms with Crippen molar-refractivity contribution in [3.8, 4) is 0 Å². The molecule has 1 atom stereocenters. The van der Waals surface area contributed by atoms with Crippen LogP contribution in [0.5, 0.6) is 0 Å². The van der Waals surface area contributed by atoms with E-state index in [1.807, 2.05) is 0 Å². The maximum Gasteiger partial charge on any atom is 0.0952 e. The maximum atomic E-state index is 5.94. The Kier molecular flexibility index (Phi) is 3.90. The van der Waals surface area contributed by atoms with E-state index in [9.17, 15) is 0 Å². The predicted octanol–water partition coefficient (Wildman–Crippen LogP) is 3.47. The van der Waals surface area contributed by atoms with Crippen LogP contribution in [0.4, 0.5) is 0 Å². The number of hydrogen-bond donors (Lipinski definition) is 1. The molecule has 0 bridgehead atoms. The normalized spacial score (nSPS) is 23.9. The monoisotopic (exact) mass is 259 g/mol. The van der Waals surface area contributed by atoms with Crippen molar-refractivity contribution in [1.82, 2.24) is 5.32 Å². The first-order valence-electron chi connectivity index (χ1n) is 7.73. The fraction of sp³-hybridized carbons (Fsp3) is 0.647. The van der Waals surface area contributed by atoms with Gasteiger partial charge >= 0.3 is 0 Å². The second-order valence-corrected chi connectivity index (χ2v) is 6.19. The average Bonchev–Trinajstić information content (AvgIpc) is 3.19. The van der Waals surface area contributed by atoms with Crippen LogP contribution in [0.1, 0.15) is 49.8 Å². The van der Waals surface area contributed by atoms with E-state index in [0.717, 1.165) is 19.6 Å². The van der Waals surface area contributed by atoms with Gasteiger partial charge in [0.2, 0.25) is 0 Å². The van der Waals surface area contributed by atoms with Crippen LogP contribution in [0.3, 0.4) is 0 Å². The summed E-state index contributed by atoms with van der Waals surface area (Å²) in [5.74, 6) is 0. The van der Waals surface area contributed by atoms with Crippen LogP contribution < -0.4 is 5.32 Å². The molecule has 1 aliphatic carbocycles. The Morgan fingerprint density at radius 1 is 1.32 bits per heavy atom. The van der Waals surface area contributed by atoms with Gasteiger partial charge in [-0.2, -0.15) is 0 Å². The largest absolute Gasteiger partial charge is 0.372 e. The molecule has 1 unspecified atom stereocenters. The molecule has 2 aliphatic rings. The predicted molar refractivity (Wildman–Crippen MR) is 78.3 cm³/mol. The third-order valence-electron chi connectivity index (χ3n) is 4.66. The van der Waals surface area contributed by atoms with Crippen molar-refractivity contribution in [3.05, 3.63) is 35.4 Å². The molecule has 0 saturated heterocycles. The van der Waals surface area contributed by atoms with Crippen molar-refractivity contribution in [1.29, 1.82) is 0 Å². The van der Waals surface area contributed by atoms with Crippen molar-refractivity contribution in [2.75, 3.05) is 19.7 Å². The third-order valence-corrected chi connectivity index (χ3v) is 4.66. The van der Waals surface area contributed by atoms with Gasteiger partial charge in [0, 0.05) is 13.1 Å². The molecule has 1 saturated carbocycles. The first-order chi connectivity index (χ1) is 9.33. The molecule has 2 heteroatoms. The van der Waals surface area contributed by atoms with E-state index in [1.165, 1.54) is 43.4 Å². The van der Waals surface area contributed by atoms with Gasteiger partial charge < -0.3 is 10.1 Å². The Morgan fingerprint density at radius 3 is 2.95 bits per heavy atom. The summed E-state index contributed by atoms with van der Waals surface area (Å²) in [6, 6.07) is 8.72. The van der Waals surface area contributed by atoms with Crippen LogP contribution in [-0.2, 0) is 11.2 Å². The van der Waals surface area contributed by atoms with E-state index in [0.29, 0.717) is 5.41 Å². The van der Waals surface area contributed by atoms with Crippen LogP contribution in [0.15, 0.2) is 24.3 Å². The maximum absolute atomic E-state index is 5.94. The fourth-order valence-corrected chi connectivity index (χ4v) is 3.34. The van der Waals surface area contributed by atoms with E-state index in [4.69, 9.17) is 4.74 Å². The lowest BCUT2D eigenvalue weighted by atomic mass is 9.97. The van der Waals surface area contributed by atoms with Gasteiger partial charge in [0.15, 0.2) is 0 Å². The van der Waals surface area contributed by atoms with Crippen LogP contribution in [-0.4, -0.2) is 19.7 Å². The second-order valence-electron chi connectivity index (χ2n) is 6.19. The van der Waals surface area contributed by atoms with Gasteiger partial charge in [0.25, 0.3) is 0 Å². The molecule has 1 aromatic rings. The zero-order valence-corrected chi connectivity index (χ0v) is 12.0. The Balaban J connectivity index is 1.54. The molecule has 2 nitrogen and oxygen atoms in total. The smallest absolute Gasteiger partial charge is 0.0952 e. The van der Waals surface area contributed by atoms with Gasteiger partial charge in [-0.15, -0.1) is 0 Å². The summed E-state index contributed by atoms with van der Waals surface area (Å²) in [7, 11) is 0. The van der Waals surface area contributed by atoms with Crippen molar-refractivity contribution in [2.45, 2.75) is 45.1 Å². The number of rotatable bonds is 6. The van der Waals surface area contributed by atoms with Crippen molar-refractivity contribution >= 4 is 0 Å². The van der Waals surface area contributed by atoms with Gasteiger partial charge in [-0.05, 0) is 42.2 Å². The van der Waals surface area contributed by atoms with Crippen molar-refractivity contribution < 1.29 is 4.74 Å². The molecular weight excluding hydrogens is 234 g/mol. The van der Waals surface area contributed by atoms with E-state index in [2.05, 4.69) is 36.5 Å². The molecule has 3 rings (SSSR count). The Bertz CT molecular complexity index is 425. The molecule has 1 aliphatic heterocycles. The van der Waals surface area contributed by atoms with E-state index >= 15 is 0 Å². The van der Waals surface area contributed by atoms with E-state index in [-0.39, 0.29) is 6.10 Å². The highest BCUT2D eigenvalue weighted by atomic mass is 16.5. The molecule has 104 valence electrons. The molecule has 0 amide bonds. The molecule has 1 fully saturated rings. The third kappa shape index (κ3) is 3.01. The number of hydrogen-bond acceptors (Lipinski definition) is 2. The zero-order chi connectivity index (χ0) is 13.1. The minimum atomic E-state index is 0.252. The summed E-state index contributed by atoms with van der Waals surface area (Å²) in [5, 5.41) is 3.66. The molecule has 1 aromatic carbocycles. The SMILES string of the molecule is CCCC1(CNCC2OCCc3ccccc32)CC1. The van der Waals surface area contributed by atoms with Gasteiger partial charge in [0.05, 0.1) is 12.7 Å². The highest BCUT2D eigenvalue weighted by Crippen LogP contribution is 2.49. The lowest BCUT2D eigenvalue weighted by molar-refractivity contribution is 0.0417. The number of benzene rings is 1. The molecule has 19 heavy (non-hydrogen) atoms. The van der Waals surface area contributed by atoms with Gasteiger partial charge in [0.1, 0.15) is 0 Å². The highest BCUT2D eigenvalue weighted by Gasteiger charge is 2.40. The van der Waals surface area contributed by atoms with Gasteiger partial charge in [-0.25, -0.2) is 0 Å². The zero-order valence-electron chi connectivity index (χ0n) is 12.0. The van der Waals surface area contributed by atoms with Crippen LogP contribution in [0.2, 0.25) is 0 Å². The molecular formula is C17H25NO. The first kappa shape index (κ1) is 13.1. The van der Waals surface area contributed by atoms with Crippen molar-refractivity contribution in [3.63, 3.8) is 0 Å². The summed E-state index contributed by atoms with van der Waals surface area (Å²) in [5.41, 5.74) is 3.49. The lowest BCUT2D eigenvalue weighted by Crippen LogP contribution is -2.31. The van der Waals surface area contributed by atoms with E-state index < -0.39 is 0 Å². The molecule has 0 radical (unpaired) electrons. The molecule has 1 N–H and O–H groups in total. The van der Waals surface area contributed by atoms with Crippen molar-refractivity contribution in [2.24, 2.45) is 5.41 Å². The number of ether oxygens (including phenoxy) is 1.